The smallest absolute Gasteiger partial charge is 0.131 e. The van der Waals surface area contributed by atoms with E-state index in [2.05, 4.69) is 30.4 Å². The third-order valence-corrected chi connectivity index (χ3v) is 5.71. The average Bonchev–Trinajstić information content (AvgIpc) is 2.82. The van der Waals surface area contributed by atoms with Crippen molar-refractivity contribution in [2.75, 3.05) is 6.61 Å². The normalized spacial score (nSPS) is 12.5. The van der Waals surface area contributed by atoms with Gasteiger partial charge >= 0.3 is 0 Å². The van der Waals surface area contributed by atoms with E-state index in [0.29, 0.717) is 12.0 Å². The van der Waals surface area contributed by atoms with Gasteiger partial charge in [0.2, 0.25) is 0 Å². The Labute approximate surface area is 197 Å². The van der Waals surface area contributed by atoms with Crippen molar-refractivity contribution in [2.45, 2.75) is 64.9 Å². The summed E-state index contributed by atoms with van der Waals surface area (Å²) in [7, 11) is 0. The molecule has 0 radical (unpaired) electrons. The number of ether oxygens (including phenoxy) is 1. The summed E-state index contributed by atoms with van der Waals surface area (Å²) < 4.78 is 20.5. The van der Waals surface area contributed by atoms with Crippen molar-refractivity contribution in [3.05, 3.63) is 78.4 Å². The number of aromatic nitrogens is 2. The van der Waals surface area contributed by atoms with Gasteiger partial charge in [-0.25, -0.2) is 9.37 Å². The molecule has 0 aliphatic rings. The molecule has 0 spiro atoms. The van der Waals surface area contributed by atoms with Gasteiger partial charge in [-0.15, -0.1) is 6.58 Å². The molecule has 3 aromatic rings. The number of halogens is 1. The van der Waals surface area contributed by atoms with Gasteiger partial charge in [-0.3, -0.25) is 4.98 Å². The van der Waals surface area contributed by atoms with Crippen LogP contribution in [0.25, 0.3) is 28.2 Å². The molecule has 0 fully saturated rings. The first-order valence-corrected chi connectivity index (χ1v) is 12.1. The number of hydrogen-bond acceptors (Lipinski definition) is 3. The van der Waals surface area contributed by atoms with E-state index in [4.69, 9.17) is 4.74 Å². The second-order valence-corrected chi connectivity index (χ2v) is 8.52. The fourth-order valence-electron chi connectivity index (χ4n) is 3.77. The van der Waals surface area contributed by atoms with E-state index in [-0.39, 0.29) is 11.9 Å². The Morgan fingerprint density at radius 1 is 1.06 bits per heavy atom. The summed E-state index contributed by atoms with van der Waals surface area (Å²) in [5, 5.41) is 0. The molecule has 0 aliphatic heterocycles. The molecule has 3 nitrogen and oxygen atoms in total. The maximum Gasteiger partial charge on any atom is 0.131 e. The van der Waals surface area contributed by atoms with Gasteiger partial charge in [-0.05, 0) is 61.9 Å². The van der Waals surface area contributed by atoms with Gasteiger partial charge in [0.1, 0.15) is 5.82 Å². The first-order valence-electron chi connectivity index (χ1n) is 12.1. The number of benzene rings is 2. The Morgan fingerprint density at radius 2 is 1.88 bits per heavy atom. The Balaban J connectivity index is 1.55. The minimum atomic E-state index is -0.219. The van der Waals surface area contributed by atoms with Crippen molar-refractivity contribution in [1.82, 2.24) is 9.97 Å². The van der Waals surface area contributed by atoms with Gasteiger partial charge in [0.05, 0.1) is 22.8 Å². The minimum absolute atomic E-state index is 0.219. The highest BCUT2D eigenvalue weighted by atomic mass is 19.1. The molecule has 0 bridgehead atoms. The van der Waals surface area contributed by atoms with Crippen molar-refractivity contribution in [3.8, 4) is 11.1 Å². The van der Waals surface area contributed by atoms with Crippen LogP contribution in [0.3, 0.4) is 0 Å². The van der Waals surface area contributed by atoms with Crippen LogP contribution in [0.15, 0.2) is 61.3 Å². The summed E-state index contributed by atoms with van der Waals surface area (Å²) in [4.78, 5) is 9.08. The molecule has 0 amide bonds. The molecule has 0 saturated heterocycles. The lowest BCUT2D eigenvalue weighted by molar-refractivity contribution is 0.0566. The van der Waals surface area contributed by atoms with E-state index >= 15 is 0 Å². The van der Waals surface area contributed by atoms with Crippen LogP contribution in [0.5, 0.6) is 0 Å². The number of fused-ring (bicyclic) bond motifs is 1. The third-order valence-electron chi connectivity index (χ3n) is 5.71. The maximum absolute atomic E-state index is 14.7. The molecular formula is C29H35FN2O. The summed E-state index contributed by atoms with van der Waals surface area (Å²) in [5.41, 5.74) is 4.89. The largest absolute Gasteiger partial charge is 0.379 e. The Hall–Kier alpha value is -2.85. The first kappa shape index (κ1) is 24.8. The van der Waals surface area contributed by atoms with Crippen LogP contribution in [0.4, 0.5) is 4.39 Å². The van der Waals surface area contributed by atoms with Crippen LogP contribution in [-0.4, -0.2) is 22.7 Å². The Kier molecular flexibility index (Phi) is 9.77. The predicted octanol–water partition coefficient (Wildman–Crippen LogP) is 7.94. The lowest BCUT2D eigenvalue weighted by Gasteiger charge is -2.12. The summed E-state index contributed by atoms with van der Waals surface area (Å²) in [6, 6.07) is 11.2. The highest BCUT2D eigenvalue weighted by molar-refractivity contribution is 5.81. The topological polar surface area (TPSA) is 35.0 Å². The monoisotopic (exact) mass is 446 g/mol. The van der Waals surface area contributed by atoms with Gasteiger partial charge < -0.3 is 4.74 Å². The maximum atomic E-state index is 14.7. The summed E-state index contributed by atoms with van der Waals surface area (Å²) in [6.07, 6.45) is 15.0. The zero-order valence-corrected chi connectivity index (χ0v) is 19.9. The first-order chi connectivity index (χ1) is 16.1. The van der Waals surface area contributed by atoms with E-state index in [1.54, 1.807) is 12.3 Å². The van der Waals surface area contributed by atoms with Crippen LogP contribution in [0.1, 0.15) is 63.6 Å². The lowest BCUT2D eigenvalue weighted by Crippen LogP contribution is -2.08. The van der Waals surface area contributed by atoms with Crippen molar-refractivity contribution in [2.24, 2.45) is 0 Å². The van der Waals surface area contributed by atoms with Gasteiger partial charge in [0.15, 0.2) is 0 Å². The number of allylic oxidation sites excluding steroid dienone is 2. The molecule has 0 N–H and O–H groups in total. The van der Waals surface area contributed by atoms with E-state index < -0.39 is 0 Å². The summed E-state index contributed by atoms with van der Waals surface area (Å²) in [5.74, 6) is -0.219. The molecule has 33 heavy (non-hydrogen) atoms. The van der Waals surface area contributed by atoms with Crippen molar-refractivity contribution in [1.29, 1.82) is 0 Å². The zero-order valence-electron chi connectivity index (χ0n) is 19.9. The molecule has 174 valence electrons. The van der Waals surface area contributed by atoms with Crippen LogP contribution < -0.4 is 0 Å². The predicted molar refractivity (Wildman–Crippen MR) is 137 cm³/mol. The van der Waals surface area contributed by atoms with Gasteiger partial charge in [0.25, 0.3) is 0 Å². The molecule has 4 heteroatoms. The fourth-order valence-corrected chi connectivity index (χ4v) is 3.77. The van der Waals surface area contributed by atoms with Gasteiger partial charge in [0, 0.05) is 24.8 Å². The number of rotatable bonds is 13. The lowest BCUT2D eigenvalue weighted by atomic mass is 10.0. The highest BCUT2D eigenvalue weighted by Gasteiger charge is 2.06. The molecule has 1 atom stereocenters. The Morgan fingerprint density at radius 3 is 2.67 bits per heavy atom. The number of unbranched alkanes of at least 4 members (excludes halogenated alkanes) is 3. The second-order valence-electron chi connectivity index (χ2n) is 8.52. The van der Waals surface area contributed by atoms with Crippen LogP contribution >= 0.6 is 0 Å². The molecule has 0 aliphatic carbocycles. The van der Waals surface area contributed by atoms with Crippen molar-refractivity contribution in [3.63, 3.8) is 0 Å². The third kappa shape index (κ3) is 7.61. The molecule has 3 rings (SSSR count). The summed E-state index contributed by atoms with van der Waals surface area (Å²) >= 11 is 0. The molecular weight excluding hydrogens is 411 g/mol. The van der Waals surface area contributed by atoms with Gasteiger partial charge in [-0.1, -0.05) is 56.2 Å². The average molecular weight is 447 g/mol. The quantitative estimate of drug-likeness (QED) is 0.197. The zero-order chi connectivity index (χ0) is 23.5. The van der Waals surface area contributed by atoms with Crippen molar-refractivity contribution >= 4 is 17.1 Å². The van der Waals surface area contributed by atoms with E-state index in [9.17, 15) is 4.39 Å². The summed E-state index contributed by atoms with van der Waals surface area (Å²) in [6.45, 7) is 8.92. The minimum Gasteiger partial charge on any atom is -0.379 e. The van der Waals surface area contributed by atoms with Gasteiger partial charge in [-0.2, -0.15) is 0 Å². The molecule has 2 aromatic carbocycles. The van der Waals surface area contributed by atoms with Crippen molar-refractivity contribution < 1.29 is 9.13 Å². The Bertz CT molecular complexity index is 1080. The van der Waals surface area contributed by atoms with E-state index in [1.165, 1.54) is 12.8 Å². The number of hydrogen-bond donors (Lipinski definition) is 0. The van der Waals surface area contributed by atoms with E-state index in [1.807, 2.05) is 48.6 Å². The number of nitrogens with zero attached hydrogens (tertiary/aromatic N) is 2. The highest BCUT2D eigenvalue weighted by Crippen LogP contribution is 2.25. The second kappa shape index (κ2) is 13.0. The SMILES string of the molecule is C=CCc1cnc2cc(-c3ccc(C=CCCCC(C)OCCCCC)c(F)c3)ccc2n1. The molecule has 1 heterocycles. The van der Waals surface area contributed by atoms with Crippen LogP contribution in [-0.2, 0) is 11.2 Å². The molecule has 1 aromatic heterocycles. The fraction of sp³-hybridized carbons (Fsp3) is 0.379. The van der Waals surface area contributed by atoms with Crippen LogP contribution in [0.2, 0.25) is 0 Å². The molecule has 0 saturated carbocycles. The molecule has 1 unspecified atom stereocenters. The van der Waals surface area contributed by atoms with E-state index in [0.717, 1.165) is 60.1 Å². The van der Waals surface area contributed by atoms with Crippen LogP contribution in [0, 0.1) is 5.82 Å². The standard InChI is InChI=1S/C29H35FN2O/c1-4-6-10-18-33-22(3)12-8-7-9-13-23-14-15-24(19-27(23)30)25-16-17-28-29(20-25)31-21-26(32-28)11-5-2/h5,9,13-17,19-22H,2,4,6-8,10-12,18H2,1,3H3.